The normalized spacial score (nSPS) is 13.1. The molecule has 1 heterocycles. The van der Waals surface area contributed by atoms with E-state index in [9.17, 15) is 14.9 Å². The number of hydrogen-bond donors (Lipinski definition) is 1. The maximum absolute atomic E-state index is 12.6. The Kier molecular flexibility index (Phi) is 8.47. The van der Waals surface area contributed by atoms with Gasteiger partial charge in [0.25, 0.3) is 5.91 Å². The Morgan fingerprint density at radius 3 is 2.14 bits per heavy atom. The summed E-state index contributed by atoms with van der Waals surface area (Å²) in [5.41, 5.74) is 2.10. The Bertz CT molecular complexity index is 1270. The number of furan rings is 1. The smallest absolute Gasteiger partial charge is 0.306 e. The van der Waals surface area contributed by atoms with Gasteiger partial charge in [0.05, 0.1) is 14.2 Å². The fourth-order valence-corrected chi connectivity index (χ4v) is 4.61. The summed E-state index contributed by atoms with van der Waals surface area (Å²) in [6.45, 7) is -0.454. The molecule has 1 aliphatic rings. The number of carbonyl (C=O) groups excluding carboxylic acids is 2. The number of hydrogen-bond acceptors (Lipinski definition) is 7. The average molecular weight is 503 g/mol. The Balaban J connectivity index is 1.55. The van der Waals surface area contributed by atoms with E-state index in [-0.39, 0.29) is 11.4 Å². The number of anilines is 1. The van der Waals surface area contributed by atoms with Gasteiger partial charge in [0, 0.05) is 17.5 Å². The van der Waals surface area contributed by atoms with Crippen LogP contribution in [0.15, 0.2) is 52.9 Å². The first-order valence-corrected chi connectivity index (χ1v) is 12.3. The zero-order valence-electron chi connectivity index (χ0n) is 21.0. The molecule has 37 heavy (non-hydrogen) atoms. The van der Waals surface area contributed by atoms with Crippen LogP contribution in [0.1, 0.15) is 44.1 Å². The van der Waals surface area contributed by atoms with Crippen molar-refractivity contribution in [3.63, 3.8) is 0 Å². The number of nitrogens with zero attached hydrogens (tertiary/aromatic N) is 1. The van der Waals surface area contributed by atoms with Crippen LogP contribution in [-0.2, 0) is 14.3 Å². The lowest BCUT2D eigenvalue weighted by atomic mass is 9.98. The van der Waals surface area contributed by atoms with Crippen LogP contribution in [0.25, 0.3) is 22.5 Å². The Labute approximate surface area is 216 Å². The lowest BCUT2D eigenvalue weighted by molar-refractivity contribution is -0.147. The van der Waals surface area contributed by atoms with Crippen molar-refractivity contribution in [3.8, 4) is 40.0 Å². The summed E-state index contributed by atoms with van der Waals surface area (Å²) in [7, 11) is 3.15. The molecule has 0 saturated heterocycles. The molecule has 0 unspecified atom stereocenters. The van der Waals surface area contributed by atoms with Crippen LogP contribution in [0.2, 0.25) is 0 Å². The summed E-state index contributed by atoms with van der Waals surface area (Å²) < 4.78 is 21.7. The van der Waals surface area contributed by atoms with Crippen LogP contribution >= 0.6 is 0 Å². The minimum atomic E-state index is -0.581. The first kappa shape index (κ1) is 25.8. The summed E-state index contributed by atoms with van der Waals surface area (Å²) in [6, 6.07) is 16.5. The molecule has 0 atom stereocenters. The quantitative estimate of drug-likeness (QED) is 0.341. The third-order valence-corrected chi connectivity index (χ3v) is 6.60. The Morgan fingerprint density at radius 2 is 1.57 bits per heavy atom. The van der Waals surface area contributed by atoms with Crippen molar-refractivity contribution in [2.75, 3.05) is 26.1 Å². The molecule has 2 aromatic carbocycles. The monoisotopic (exact) mass is 502 g/mol. The van der Waals surface area contributed by atoms with Gasteiger partial charge in [0.1, 0.15) is 28.9 Å². The fourth-order valence-electron chi connectivity index (χ4n) is 4.61. The van der Waals surface area contributed by atoms with Gasteiger partial charge in [-0.25, -0.2) is 0 Å². The molecule has 8 heteroatoms. The summed E-state index contributed by atoms with van der Waals surface area (Å²) in [6.07, 6.45) is 5.80. The highest BCUT2D eigenvalue weighted by Gasteiger charge is 2.25. The third-order valence-electron chi connectivity index (χ3n) is 6.60. The number of benzene rings is 2. The molecule has 1 saturated carbocycles. The summed E-state index contributed by atoms with van der Waals surface area (Å²) in [5.74, 6) is 1.32. The van der Waals surface area contributed by atoms with E-state index in [0.717, 1.165) is 19.3 Å². The first-order valence-electron chi connectivity index (χ1n) is 12.3. The van der Waals surface area contributed by atoms with Crippen molar-refractivity contribution < 1.29 is 28.2 Å². The van der Waals surface area contributed by atoms with Crippen molar-refractivity contribution in [2.45, 2.75) is 38.5 Å². The molecule has 1 aliphatic carbocycles. The molecule has 1 aromatic heterocycles. The molecule has 1 fully saturated rings. The van der Waals surface area contributed by atoms with Crippen LogP contribution in [0.3, 0.4) is 0 Å². The van der Waals surface area contributed by atoms with Gasteiger partial charge in [-0.15, -0.1) is 0 Å². The van der Waals surface area contributed by atoms with E-state index in [0.29, 0.717) is 46.3 Å². The van der Waals surface area contributed by atoms with E-state index < -0.39 is 18.5 Å². The molecule has 0 spiro atoms. The van der Waals surface area contributed by atoms with Crippen LogP contribution in [0.5, 0.6) is 11.5 Å². The first-order chi connectivity index (χ1) is 18.0. The number of methoxy groups -OCH3 is 2. The van der Waals surface area contributed by atoms with Crippen molar-refractivity contribution in [3.05, 3.63) is 54.1 Å². The Morgan fingerprint density at radius 1 is 0.973 bits per heavy atom. The second-order valence-electron chi connectivity index (χ2n) is 8.98. The zero-order valence-corrected chi connectivity index (χ0v) is 21.0. The maximum atomic E-state index is 12.6. The maximum Gasteiger partial charge on any atom is 0.306 e. The largest absolute Gasteiger partial charge is 0.497 e. The SMILES string of the molecule is COc1ccc(-c2oc(NC(=O)COC(=O)CCC3CCCC3)c(C#N)c2-c2ccc(OC)cc2)cc1. The van der Waals surface area contributed by atoms with E-state index in [1.54, 1.807) is 38.5 Å². The number of amides is 1. The zero-order chi connectivity index (χ0) is 26.2. The van der Waals surface area contributed by atoms with Gasteiger partial charge in [-0.3, -0.25) is 14.9 Å². The van der Waals surface area contributed by atoms with Gasteiger partial charge in [-0.2, -0.15) is 5.26 Å². The number of nitrogens with one attached hydrogen (secondary N) is 1. The van der Waals surface area contributed by atoms with Crippen LogP contribution in [-0.4, -0.2) is 32.7 Å². The van der Waals surface area contributed by atoms with Gasteiger partial charge in [0.15, 0.2) is 6.61 Å². The van der Waals surface area contributed by atoms with E-state index in [1.165, 1.54) is 12.8 Å². The lowest BCUT2D eigenvalue weighted by Gasteiger charge is -2.08. The highest BCUT2D eigenvalue weighted by Crippen LogP contribution is 2.42. The van der Waals surface area contributed by atoms with Gasteiger partial charge >= 0.3 is 5.97 Å². The van der Waals surface area contributed by atoms with Gasteiger partial charge < -0.3 is 18.6 Å². The van der Waals surface area contributed by atoms with Crippen molar-refractivity contribution in [1.82, 2.24) is 0 Å². The molecule has 1 N–H and O–H groups in total. The minimum Gasteiger partial charge on any atom is -0.497 e. The number of carbonyl (C=O) groups is 2. The summed E-state index contributed by atoms with van der Waals surface area (Å²) in [5, 5.41) is 12.6. The van der Waals surface area contributed by atoms with Crippen molar-refractivity contribution in [1.29, 1.82) is 5.26 Å². The highest BCUT2D eigenvalue weighted by atomic mass is 16.5. The number of rotatable bonds is 10. The van der Waals surface area contributed by atoms with Gasteiger partial charge in [-0.1, -0.05) is 37.8 Å². The molecular formula is C29H30N2O6. The molecule has 8 nitrogen and oxygen atoms in total. The summed E-state index contributed by atoms with van der Waals surface area (Å²) >= 11 is 0. The predicted molar refractivity (Wildman–Crippen MR) is 138 cm³/mol. The minimum absolute atomic E-state index is 0.00820. The number of nitriles is 1. The van der Waals surface area contributed by atoms with Crippen molar-refractivity contribution >= 4 is 17.8 Å². The molecule has 3 aromatic rings. The second kappa shape index (κ2) is 12.1. The van der Waals surface area contributed by atoms with Crippen LogP contribution in [0.4, 0.5) is 5.88 Å². The van der Waals surface area contributed by atoms with E-state index in [2.05, 4.69) is 11.4 Å². The fraction of sp³-hybridized carbons (Fsp3) is 0.345. The molecule has 1 amide bonds. The molecule has 0 aliphatic heterocycles. The molecule has 0 radical (unpaired) electrons. The van der Waals surface area contributed by atoms with Crippen LogP contribution < -0.4 is 14.8 Å². The molecule has 4 rings (SSSR count). The van der Waals surface area contributed by atoms with E-state index >= 15 is 0 Å². The summed E-state index contributed by atoms with van der Waals surface area (Å²) in [4.78, 5) is 24.7. The van der Waals surface area contributed by atoms with E-state index in [1.807, 2.05) is 24.3 Å². The van der Waals surface area contributed by atoms with Crippen LogP contribution in [0, 0.1) is 17.2 Å². The molecular weight excluding hydrogens is 472 g/mol. The van der Waals surface area contributed by atoms with Gasteiger partial charge in [-0.05, 0) is 54.3 Å². The third kappa shape index (κ3) is 6.31. The lowest BCUT2D eigenvalue weighted by Crippen LogP contribution is -2.21. The van der Waals surface area contributed by atoms with Crippen molar-refractivity contribution in [2.24, 2.45) is 5.92 Å². The standard InChI is InChI=1S/C29H30N2O6/c1-34-22-12-8-20(9-13-22)27-24(17-30)29(37-28(27)21-10-14-23(35-2)15-11-21)31-25(32)18-36-26(33)16-7-19-5-3-4-6-19/h8-15,19H,3-7,16,18H2,1-2H3,(H,31,32). The number of ether oxygens (including phenoxy) is 3. The van der Waals surface area contributed by atoms with Gasteiger partial charge in [0.2, 0.25) is 5.88 Å². The number of esters is 1. The highest BCUT2D eigenvalue weighted by molar-refractivity contribution is 5.96. The topological polar surface area (TPSA) is 111 Å². The Hall–Kier alpha value is -4.25. The molecule has 192 valence electrons. The second-order valence-corrected chi connectivity index (χ2v) is 8.98. The molecule has 0 bridgehead atoms. The average Bonchev–Trinajstić information content (AvgIpc) is 3.58. The van der Waals surface area contributed by atoms with E-state index in [4.69, 9.17) is 18.6 Å². The predicted octanol–water partition coefficient (Wildman–Crippen LogP) is 5.95.